The van der Waals surface area contributed by atoms with Gasteiger partial charge < -0.3 is 25.2 Å². The molecule has 4 aromatic rings. The van der Waals surface area contributed by atoms with Crippen LogP contribution in [0.5, 0.6) is 0 Å². The van der Waals surface area contributed by atoms with Crippen LogP contribution >= 0.6 is 23.8 Å². The van der Waals surface area contributed by atoms with Crippen molar-refractivity contribution in [3.8, 4) is 5.69 Å². The summed E-state index contributed by atoms with van der Waals surface area (Å²) in [5.74, 6) is -1.29. The van der Waals surface area contributed by atoms with Gasteiger partial charge in [0.05, 0.1) is 28.0 Å². The number of amides is 1. The Morgan fingerprint density at radius 3 is 2.44 bits per heavy atom. The van der Waals surface area contributed by atoms with Gasteiger partial charge in [0.1, 0.15) is 6.04 Å². The molecule has 198 valence electrons. The van der Waals surface area contributed by atoms with Crippen molar-refractivity contribution in [3.05, 3.63) is 107 Å². The zero-order valence-corrected chi connectivity index (χ0v) is 22.8. The Morgan fingerprint density at radius 1 is 1.05 bits per heavy atom. The van der Waals surface area contributed by atoms with E-state index in [0.717, 1.165) is 22.8 Å². The normalized spacial score (nSPS) is 16.8. The predicted molar refractivity (Wildman–Crippen MR) is 156 cm³/mol. The van der Waals surface area contributed by atoms with Crippen LogP contribution in [0.4, 0.5) is 11.4 Å². The molecule has 1 fully saturated rings. The lowest BCUT2D eigenvalue weighted by Crippen LogP contribution is -2.30. The van der Waals surface area contributed by atoms with Crippen LogP contribution in [0.15, 0.2) is 85.2 Å². The average Bonchev–Trinajstić information content (AvgIpc) is 3.54. The van der Waals surface area contributed by atoms with E-state index in [1.54, 1.807) is 42.6 Å². The molecule has 5 rings (SSSR count). The minimum absolute atomic E-state index is 0.122. The fraction of sp³-hybridized carbons (Fsp3) is 0.172. The van der Waals surface area contributed by atoms with E-state index in [1.807, 2.05) is 65.9 Å². The number of nitrogens with one attached hydrogen (secondary N) is 2. The topological polar surface area (TPSA) is 99.5 Å². The molecule has 10 heteroatoms. The number of hydrogen-bond donors (Lipinski definition) is 3. The zero-order chi connectivity index (χ0) is 27.7. The second kappa shape index (κ2) is 10.9. The van der Waals surface area contributed by atoms with Gasteiger partial charge >= 0.3 is 5.97 Å². The van der Waals surface area contributed by atoms with Crippen LogP contribution in [0.2, 0.25) is 5.02 Å². The number of carbonyl (C=O) groups excluding carboxylic acids is 1. The number of carboxylic acids is 1. The minimum Gasteiger partial charge on any atom is -0.478 e. The lowest BCUT2D eigenvalue weighted by atomic mass is 10.0. The molecule has 39 heavy (non-hydrogen) atoms. The van der Waals surface area contributed by atoms with Gasteiger partial charge in [-0.25, -0.2) is 4.79 Å². The van der Waals surface area contributed by atoms with E-state index in [2.05, 4.69) is 15.6 Å². The maximum Gasteiger partial charge on any atom is 0.335 e. The van der Waals surface area contributed by atoms with Crippen LogP contribution in [0.25, 0.3) is 5.69 Å². The first kappa shape index (κ1) is 26.4. The van der Waals surface area contributed by atoms with Crippen molar-refractivity contribution >= 4 is 52.2 Å². The summed E-state index contributed by atoms with van der Waals surface area (Å²) in [4.78, 5) is 30.2. The van der Waals surface area contributed by atoms with Crippen LogP contribution < -0.4 is 15.5 Å². The molecule has 1 aliphatic heterocycles. The fourth-order valence-electron chi connectivity index (χ4n) is 4.60. The van der Waals surface area contributed by atoms with Gasteiger partial charge in [0, 0.05) is 35.4 Å². The summed E-state index contributed by atoms with van der Waals surface area (Å²) < 4.78 is 2.01. The number of carboxylic acid groups (broad SMARTS) is 1. The summed E-state index contributed by atoms with van der Waals surface area (Å²) >= 11 is 12.5. The fourth-order valence-corrected chi connectivity index (χ4v) is 5.17. The van der Waals surface area contributed by atoms with E-state index < -0.39 is 5.97 Å². The monoisotopic (exact) mass is 559 g/mol. The van der Waals surface area contributed by atoms with Crippen molar-refractivity contribution < 1.29 is 14.7 Å². The summed E-state index contributed by atoms with van der Waals surface area (Å²) in [6, 6.07) is 21.2. The molecule has 0 unspecified atom stereocenters. The summed E-state index contributed by atoms with van der Waals surface area (Å²) in [5, 5.41) is 16.5. The Bertz CT molecular complexity index is 1540. The summed E-state index contributed by atoms with van der Waals surface area (Å²) in [6.07, 6.45) is 3.67. The molecule has 3 N–H and O–H groups in total. The average molecular weight is 560 g/mol. The third-order valence-corrected chi connectivity index (χ3v) is 7.21. The van der Waals surface area contributed by atoms with Gasteiger partial charge in [-0.15, -0.1) is 0 Å². The second-order valence-electron chi connectivity index (χ2n) is 9.46. The van der Waals surface area contributed by atoms with Crippen molar-refractivity contribution in [1.82, 2.24) is 14.9 Å². The summed E-state index contributed by atoms with van der Waals surface area (Å²) in [5.41, 5.74) is 4.02. The number of aromatic carboxylic acids is 1. The van der Waals surface area contributed by atoms with Gasteiger partial charge in [0.25, 0.3) is 0 Å². The standard InChI is InChI=1S/C29H26ClN5O3S/c1-17(2)27(36)32-22-13-12-20(16-21(22)30)35-26(25(33-29(35)39)23-6-3-4-14-31-23)24-7-5-15-34(24)19-10-8-18(9-11-19)28(37)38/h3-17,25-26H,1-2H3,(H,32,36)(H,33,39)(H,37,38)/t25-,26-/m0/s1. The number of rotatable bonds is 7. The van der Waals surface area contributed by atoms with E-state index >= 15 is 0 Å². The van der Waals surface area contributed by atoms with Gasteiger partial charge in [-0.3, -0.25) is 9.78 Å². The summed E-state index contributed by atoms with van der Waals surface area (Å²) in [6.45, 7) is 3.64. The first-order chi connectivity index (χ1) is 18.7. The third-order valence-electron chi connectivity index (χ3n) is 6.59. The lowest BCUT2D eigenvalue weighted by molar-refractivity contribution is -0.118. The molecular weight excluding hydrogens is 534 g/mol. The number of aromatic nitrogens is 2. The third kappa shape index (κ3) is 5.23. The van der Waals surface area contributed by atoms with E-state index in [0.29, 0.717) is 15.8 Å². The van der Waals surface area contributed by atoms with Gasteiger partial charge in [0.15, 0.2) is 5.11 Å². The van der Waals surface area contributed by atoms with Crippen molar-refractivity contribution in [1.29, 1.82) is 0 Å². The number of halogens is 1. The Hall–Kier alpha value is -4.21. The Kier molecular flexibility index (Phi) is 7.36. The molecule has 1 amide bonds. The largest absolute Gasteiger partial charge is 0.478 e. The van der Waals surface area contributed by atoms with Gasteiger partial charge in [-0.05, 0) is 78.9 Å². The number of anilines is 2. The van der Waals surface area contributed by atoms with Gasteiger partial charge in [-0.2, -0.15) is 0 Å². The molecule has 2 atom stereocenters. The molecule has 2 aromatic carbocycles. The molecule has 8 nitrogen and oxygen atoms in total. The first-order valence-corrected chi connectivity index (χ1v) is 13.1. The maximum absolute atomic E-state index is 12.2. The molecule has 0 aliphatic carbocycles. The van der Waals surface area contributed by atoms with Crippen LogP contribution in [0.3, 0.4) is 0 Å². The molecule has 1 saturated heterocycles. The lowest BCUT2D eigenvalue weighted by Gasteiger charge is -2.29. The Labute approximate surface area is 236 Å². The Morgan fingerprint density at radius 2 is 1.79 bits per heavy atom. The van der Waals surface area contributed by atoms with Crippen molar-refractivity contribution in [2.75, 3.05) is 10.2 Å². The molecule has 2 aromatic heterocycles. The smallest absolute Gasteiger partial charge is 0.335 e. The van der Waals surface area contributed by atoms with Crippen LogP contribution in [-0.2, 0) is 4.79 Å². The van der Waals surface area contributed by atoms with Crippen LogP contribution in [0.1, 0.15) is 47.7 Å². The number of nitrogens with zero attached hydrogens (tertiary/aromatic N) is 3. The highest BCUT2D eigenvalue weighted by Crippen LogP contribution is 2.43. The number of benzene rings is 2. The predicted octanol–water partition coefficient (Wildman–Crippen LogP) is 6.00. The molecule has 0 radical (unpaired) electrons. The van der Waals surface area contributed by atoms with Crippen LogP contribution in [-0.4, -0.2) is 31.6 Å². The van der Waals surface area contributed by atoms with Crippen LogP contribution in [0, 0.1) is 5.92 Å². The first-order valence-electron chi connectivity index (χ1n) is 12.4. The quantitative estimate of drug-likeness (QED) is 0.239. The van der Waals surface area contributed by atoms with Gasteiger partial charge in [0.2, 0.25) is 5.91 Å². The molecule has 0 saturated carbocycles. The number of carbonyl (C=O) groups is 2. The van der Waals surface area contributed by atoms with E-state index in [4.69, 9.17) is 23.8 Å². The number of pyridine rings is 1. The van der Waals surface area contributed by atoms with Crippen molar-refractivity contribution in [3.63, 3.8) is 0 Å². The van der Waals surface area contributed by atoms with Crippen molar-refractivity contribution in [2.45, 2.75) is 25.9 Å². The number of thiocarbonyl (C=S) groups is 1. The SMILES string of the molecule is CC(C)C(=O)Nc1ccc(N2C(=S)N[C@@H](c3ccccn3)[C@@H]2c2cccn2-c2ccc(C(=O)O)cc2)cc1Cl. The molecular formula is C29H26ClN5O3S. The highest BCUT2D eigenvalue weighted by Gasteiger charge is 2.42. The molecule has 0 bridgehead atoms. The van der Waals surface area contributed by atoms with E-state index in [1.165, 1.54) is 0 Å². The Balaban J connectivity index is 1.59. The second-order valence-corrected chi connectivity index (χ2v) is 10.3. The molecule has 1 aliphatic rings. The van der Waals surface area contributed by atoms with Gasteiger partial charge in [-0.1, -0.05) is 31.5 Å². The highest BCUT2D eigenvalue weighted by atomic mass is 35.5. The van der Waals surface area contributed by atoms with Crippen molar-refractivity contribution in [2.24, 2.45) is 5.92 Å². The minimum atomic E-state index is -0.981. The highest BCUT2D eigenvalue weighted by molar-refractivity contribution is 7.80. The van der Waals surface area contributed by atoms with E-state index in [9.17, 15) is 14.7 Å². The summed E-state index contributed by atoms with van der Waals surface area (Å²) in [7, 11) is 0. The zero-order valence-electron chi connectivity index (χ0n) is 21.2. The number of hydrogen-bond acceptors (Lipinski definition) is 4. The maximum atomic E-state index is 12.2. The van der Waals surface area contributed by atoms with E-state index in [-0.39, 0.29) is 29.5 Å². The molecule has 3 heterocycles. The molecule has 0 spiro atoms.